The highest BCUT2D eigenvalue weighted by Crippen LogP contribution is 2.23. The summed E-state index contributed by atoms with van der Waals surface area (Å²) >= 11 is 0. The van der Waals surface area contributed by atoms with Crippen LogP contribution in [0, 0.1) is 0 Å². The number of allylic oxidation sites excluding steroid dienone is 5. The predicted octanol–water partition coefficient (Wildman–Crippen LogP) is 0.778. The first kappa shape index (κ1) is 38.5. The van der Waals surface area contributed by atoms with Crippen molar-refractivity contribution in [2.45, 2.75) is 89.1 Å². The van der Waals surface area contributed by atoms with Gasteiger partial charge >= 0.3 is 5.97 Å². The van der Waals surface area contributed by atoms with Gasteiger partial charge < -0.3 is 35.4 Å². The number of fused-ring (bicyclic) bond motifs is 2. The van der Waals surface area contributed by atoms with Crippen LogP contribution >= 0.6 is 0 Å². The molecule has 274 valence electrons. The maximum Gasteiger partial charge on any atom is 0.328 e. The van der Waals surface area contributed by atoms with Crippen LogP contribution in [-0.2, 0) is 44.7 Å². The number of hydrogen-bond donors (Lipinski definition) is 3. The molecule has 0 aromatic heterocycles. The molecule has 14 heteroatoms. The van der Waals surface area contributed by atoms with Gasteiger partial charge in [-0.1, -0.05) is 60.7 Å². The summed E-state index contributed by atoms with van der Waals surface area (Å²) in [6, 6.07) is 2.64. The van der Waals surface area contributed by atoms with Gasteiger partial charge in [-0.2, -0.15) is 0 Å². The summed E-state index contributed by atoms with van der Waals surface area (Å²) in [6.07, 6.45) is 11.6. The number of hydrogen-bond acceptors (Lipinski definition) is 8. The minimum absolute atomic E-state index is 0.0915. The molecule has 3 aliphatic heterocycles. The Labute approximate surface area is 298 Å². The number of nitrogens with one attached hydrogen (secondary N) is 3. The molecule has 6 atom stereocenters. The molecule has 0 aliphatic carbocycles. The van der Waals surface area contributed by atoms with Crippen molar-refractivity contribution in [2.24, 2.45) is 0 Å². The molecule has 3 heterocycles. The molecule has 14 nitrogen and oxygen atoms in total. The zero-order valence-electron chi connectivity index (χ0n) is 29.6. The van der Waals surface area contributed by atoms with Crippen molar-refractivity contribution in [3.05, 3.63) is 72.4 Å². The lowest BCUT2D eigenvalue weighted by Gasteiger charge is -2.34. The van der Waals surface area contributed by atoms with Crippen LogP contribution in [0.2, 0.25) is 0 Å². The fourth-order valence-corrected chi connectivity index (χ4v) is 6.38. The third-order valence-electron chi connectivity index (χ3n) is 9.36. The normalized spacial score (nSPS) is 26.0. The quantitative estimate of drug-likeness (QED) is 0.202. The fourth-order valence-electron chi connectivity index (χ4n) is 6.38. The second kappa shape index (κ2) is 18.1. The summed E-state index contributed by atoms with van der Waals surface area (Å²) in [5.74, 6) is -4.19. The van der Waals surface area contributed by atoms with Crippen molar-refractivity contribution >= 4 is 41.4 Å². The van der Waals surface area contributed by atoms with E-state index >= 15 is 0 Å². The summed E-state index contributed by atoms with van der Waals surface area (Å²) in [5, 5.41) is 8.05. The number of likely N-dealkylation sites (N-methyl/N-ethyl adjacent to an activating group) is 1. The molecule has 0 bridgehead atoms. The Morgan fingerprint density at radius 2 is 1.55 bits per heavy atom. The summed E-state index contributed by atoms with van der Waals surface area (Å²) in [4.78, 5) is 98.6. The zero-order valence-corrected chi connectivity index (χ0v) is 29.6. The lowest BCUT2D eigenvalue weighted by Crippen LogP contribution is -2.60. The van der Waals surface area contributed by atoms with Gasteiger partial charge in [0.15, 0.2) is 0 Å². The van der Waals surface area contributed by atoms with Gasteiger partial charge in [-0.15, -0.1) is 0 Å². The van der Waals surface area contributed by atoms with E-state index in [0.29, 0.717) is 25.7 Å². The standard InChI is InChI=1S/C37H48N6O8/c1-5-6-7-8-12-19-31(44)39-27(22-26-15-10-9-11-16-26)33(46)40-28-23-51-37(50)30-18-14-21-43(30)34(47)24(2)38-32(45)25(3)41(4)36(49)29-17-13-20-42(29)35(28)48/h5-12,15-16,19,24-25,27-30H,13-14,17-18,20-23H2,1-4H3,(H,38,45)(H,39,44)(H,40,46)/t24-,25-,27-,28-,29-,30-/m0/s1. The van der Waals surface area contributed by atoms with E-state index in [1.54, 1.807) is 42.5 Å². The van der Waals surface area contributed by atoms with Crippen molar-refractivity contribution in [2.75, 3.05) is 26.7 Å². The molecule has 0 spiro atoms. The van der Waals surface area contributed by atoms with Crippen LogP contribution < -0.4 is 16.0 Å². The number of cyclic esters (lactones) is 1. The van der Waals surface area contributed by atoms with Crippen molar-refractivity contribution in [3.63, 3.8) is 0 Å². The largest absolute Gasteiger partial charge is 0.461 e. The number of nitrogens with zero attached hydrogens (tertiary/aromatic N) is 3. The van der Waals surface area contributed by atoms with Crippen molar-refractivity contribution in [3.8, 4) is 0 Å². The molecule has 6 amide bonds. The number of carbonyl (C=O) groups is 7. The van der Waals surface area contributed by atoms with Gasteiger partial charge in [0.2, 0.25) is 35.4 Å². The van der Waals surface area contributed by atoms with Crippen LogP contribution in [0.25, 0.3) is 0 Å². The average molecular weight is 705 g/mol. The number of carbonyl (C=O) groups excluding carboxylic acids is 7. The number of benzene rings is 1. The summed E-state index contributed by atoms with van der Waals surface area (Å²) < 4.78 is 5.63. The highest BCUT2D eigenvalue weighted by atomic mass is 16.5. The van der Waals surface area contributed by atoms with E-state index in [2.05, 4.69) is 16.0 Å². The first-order chi connectivity index (χ1) is 24.4. The van der Waals surface area contributed by atoms with Gasteiger partial charge in [0, 0.05) is 32.6 Å². The molecule has 3 saturated heterocycles. The Kier molecular flexibility index (Phi) is 13.7. The van der Waals surface area contributed by atoms with Crippen molar-refractivity contribution in [1.29, 1.82) is 0 Å². The number of ether oxygens (including phenoxy) is 1. The van der Waals surface area contributed by atoms with E-state index in [0.717, 1.165) is 5.56 Å². The summed E-state index contributed by atoms with van der Waals surface area (Å²) in [6.45, 7) is 4.80. The minimum atomic E-state index is -1.42. The van der Waals surface area contributed by atoms with Gasteiger partial charge in [0.1, 0.15) is 42.9 Å². The molecule has 0 saturated carbocycles. The number of rotatable bonds is 8. The molecular formula is C37H48N6O8. The molecule has 1 aromatic carbocycles. The van der Waals surface area contributed by atoms with Crippen LogP contribution in [0.1, 0.15) is 52.0 Å². The highest BCUT2D eigenvalue weighted by Gasteiger charge is 2.43. The van der Waals surface area contributed by atoms with E-state index in [4.69, 9.17) is 4.74 Å². The van der Waals surface area contributed by atoms with Crippen LogP contribution in [0.15, 0.2) is 66.8 Å². The third-order valence-corrected chi connectivity index (χ3v) is 9.36. The van der Waals surface area contributed by atoms with E-state index in [9.17, 15) is 33.6 Å². The van der Waals surface area contributed by atoms with Crippen LogP contribution in [0.5, 0.6) is 0 Å². The maximum absolute atomic E-state index is 14.2. The zero-order chi connectivity index (χ0) is 37.1. The van der Waals surface area contributed by atoms with Crippen LogP contribution in [0.4, 0.5) is 0 Å². The molecule has 3 N–H and O–H groups in total. The highest BCUT2D eigenvalue weighted by molar-refractivity contribution is 5.98. The Morgan fingerprint density at radius 3 is 2.24 bits per heavy atom. The topological polar surface area (TPSA) is 175 Å². The summed E-state index contributed by atoms with van der Waals surface area (Å²) in [7, 11) is 1.46. The molecule has 3 fully saturated rings. The maximum atomic E-state index is 14.2. The van der Waals surface area contributed by atoms with E-state index in [1.807, 2.05) is 19.1 Å². The smallest absolute Gasteiger partial charge is 0.328 e. The Morgan fingerprint density at radius 1 is 0.902 bits per heavy atom. The molecule has 1 aromatic rings. The van der Waals surface area contributed by atoms with Gasteiger partial charge in [-0.05, 0) is 52.0 Å². The molecule has 51 heavy (non-hydrogen) atoms. The predicted molar refractivity (Wildman–Crippen MR) is 187 cm³/mol. The van der Waals surface area contributed by atoms with E-state index in [1.165, 1.54) is 47.7 Å². The monoisotopic (exact) mass is 704 g/mol. The number of esters is 1. The van der Waals surface area contributed by atoms with Gasteiger partial charge in [-0.25, -0.2) is 4.79 Å². The van der Waals surface area contributed by atoms with Crippen molar-refractivity contribution in [1.82, 2.24) is 30.7 Å². The summed E-state index contributed by atoms with van der Waals surface area (Å²) in [5.41, 5.74) is 0.747. The van der Waals surface area contributed by atoms with Crippen LogP contribution in [-0.4, -0.2) is 119 Å². The lowest BCUT2D eigenvalue weighted by atomic mass is 10.0. The van der Waals surface area contributed by atoms with Gasteiger partial charge in [0.05, 0.1) is 0 Å². The first-order valence-corrected chi connectivity index (χ1v) is 17.4. The van der Waals surface area contributed by atoms with Crippen molar-refractivity contribution < 1.29 is 38.3 Å². The van der Waals surface area contributed by atoms with E-state index < -0.39 is 84.3 Å². The molecule has 0 unspecified atom stereocenters. The SMILES string of the molecule is CC=CC=CC=CC(=O)N[C@@H](Cc1ccccc1)C(=O)N[C@H]1COC(=O)[C@@H]2CCCN2C(=O)[C@H](C)NC(=O)[C@H](C)N(C)C(=O)[C@@H]2CCCN2C1=O. The fraction of sp³-hybridized carbons (Fsp3) is 0.486. The second-order valence-corrected chi connectivity index (χ2v) is 12.9. The Hall–Kier alpha value is -5.27. The number of amides is 6. The lowest BCUT2D eigenvalue weighted by molar-refractivity contribution is -0.158. The second-order valence-electron chi connectivity index (χ2n) is 12.9. The Bertz CT molecular complexity index is 1560. The Balaban J connectivity index is 1.64. The molecule has 0 radical (unpaired) electrons. The molecule has 4 rings (SSSR count). The van der Waals surface area contributed by atoms with Crippen LogP contribution in [0.3, 0.4) is 0 Å². The average Bonchev–Trinajstić information content (AvgIpc) is 3.82. The minimum Gasteiger partial charge on any atom is -0.461 e. The van der Waals surface area contributed by atoms with E-state index in [-0.39, 0.29) is 19.5 Å². The molecular weight excluding hydrogens is 656 g/mol. The first-order valence-electron chi connectivity index (χ1n) is 17.4. The van der Waals surface area contributed by atoms with Gasteiger partial charge in [0.25, 0.3) is 0 Å². The molecule has 3 aliphatic rings. The third kappa shape index (κ3) is 9.92. The van der Waals surface area contributed by atoms with Gasteiger partial charge in [-0.3, -0.25) is 28.8 Å².